The van der Waals surface area contributed by atoms with E-state index in [2.05, 4.69) is 0 Å². The van der Waals surface area contributed by atoms with Crippen molar-refractivity contribution in [2.75, 3.05) is 6.61 Å². The van der Waals surface area contributed by atoms with Crippen LogP contribution in [0.5, 0.6) is 5.75 Å². The van der Waals surface area contributed by atoms with Gasteiger partial charge in [-0.15, -0.1) is 0 Å². The van der Waals surface area contributed by atoms with E-state index in [0.29, 0.717) is 16.9 Å². The fourth-order valence-corrected chi connectivity index (χ4v) is 4.61. The molecule has 0 bridgehead atoms. The number of nitrogens with zero attached hydrogens (tertiary/aromatic N) is 1. The SMILES string of the molecule is Cc1c(C(=O)COc2ccc3c4c(c(=O)oc3c2)CCCC4)c2ccccc2n1C. The molecule has 0 fully saturated rings. The summed E-state index contributed by atoms with van der Waals surface area (Å²) in [6.07, 6.45) is 3.80. The van der Waals surface area contributed by atoms with Gasteiger partial charge in [0.2, 0.25) is 5.78 Å². The number of rotatable bonds is 4. The van der Waals surface area contributed by atoms with Gasteiger partial charge in [-0.3, -0.25) is 4.79 Å². The molecular weight excluding hydrogens is 378 g/mol. The number of benzene rings is 2. The molecule has 2 heterocycles. The van der Waals surface area contributed by atoms with E-state index in [4.69, 9.17) is 9.15 Å². The average Bonchev–Trinajstić information content (AvgIpc) is 3.02. The second kappa shape index (κ2) is 7.17. The van der Waals surface area contributed by atoms with E-state index in [1.165, 1.54) is 0 Å². The Kier molecular flexibility index (Phi) is 4.46. The van der Waals surface area contributed by atoms with Crippen LogP contribution in [0.25, 0.3) is 21.9 Å². The first kappa shape index (κ1) is 18.7. The van der Waals surface area contributed by atoms with Crippen molar-refractivity contribution in [1.29, 1.82) is 0 Å². The van der Waals surface area contributed by atoms with Gasteiger partial charge in [0.25, 0.3) is 0 Å². The van der Waals surface area contributed by atoms with Crippen molar-refractivity contribution in [2.24, 2.45) is 7.05 Å². The summed E-state index contributed by atoms with van der Waals surface area (Å²) in [4.78, 5) is 25.3. The Morgan fingerprint density at radius 2 is 1.83 bits per heavy atom. The predicted octanol–water partition coefficient (Wildman–Crippen LogP) is 4.73. The average molecular weight is 401 g/mol. The number of fused-ring (bicyclic) bond motifs is 4. The normalized spacial score (nSPS) is 13.5. The zero-order chi connectivity index (χ0) is 20.8. The summed E-state index contributed by atoms with van der Waals surface area (Å²) in [5.74, 6) is 0.448. The third kappa shape index (κ3) is 2.93. The fraction of sp³-hybridized carbons (Fsp3) is 0.280. The highest BCUT2D eigenvalue weighted by Gasteiger charge is 2.20. The molecule has 30 heavy (non-hydrogen) atoms. The number of ether oxygens (including phenoxy) is 1. The highest BCUT2D eigenvalue weighted by Crippen LogP contribution is 2.30. The lowest BCUT2D eigenvalue weighted by Crippen LogP contribution is -2.16. The van der Waals surface area contributed by atoms with E-state index in [9.17, 15) is 9.59 Å². The van der Waals surface area contributed by atoms with Crippen LogP contribution in [-0.2, 0) is 19.9 Å². The minimum Gasteiger partial charge on any atom is -0.485 e. The highest BCUT2D eigenvalue weighted by molar-refractivity contribution is 6.10. The van der Waals surface area contributed by atoms with Crippen molar-refractivity contribution in [1.82, 2.24) is 4.57 Å². The number of aryl methyl sites for hydroxylation is 2. The van der Waals surface area contributed by atoms with Crippen LogP contribution in [0, 0.1) is 6.92 Å². The molecule has 0 unspecified atom stereocenters. The van der Waals surface area contributed by atoms with Crippen LogP contribution in [0.4, 0.5) is 0 Å². The molecule has 0 saturated carbocycles. The number of para-hydroxylation sites is 1. The number of ketones is 1. The van der Waals surface area contributed by atoms with E-state index in [0.717, 1.165) is 58.8 Å². The molecule has 0 atom stereocenters. The maximum Gasteiger partial charge on any atom is 0.339 e. The number of carbonyl (C=O) groups is 1. The lowest BCUT2D eigenvalue weighted by atomic mass is 9.91. The van der Waals surface area contributed by atoms with Gasteiger partial charge in [0.15, 0.2) is 6.61 Å². The third-order valence-corrected chi connectivity index (χ3v) is 6.24. The summed E-state index contributed by atoms with van der Waals surface area (Å²) in [7, 11) is 1.96. The van der Waals surface area contributed by atoms with E-state index in [1.807, 2.05) is 54.9 Å². The second-order valence-corrected chi connectivity index (χ2v) is 7.96. The van der Waals surface area contributed by atoms with Crippen molar-refractivity contribution in [2.45, 2.75) is 32.6 Å². The zero-order valence-corrected chi connectivity index (χ0v) is 17.2. The standard InChI is InChI=1S/C25H23NO4/c1-15-24(20-9-5-6-10-21(20)26(15)2)22(27)14-29-16-11-12-18-17-7-3-4-8-19(17)25(28)30-23(18)13-16/h5-6,9-13H,3-4,7-8,14H2,1-2H3. The van der Waals surface area contributed by atoms with Crippen molar-refractivity contribution in [3.63, 3.8) is 0 Å². The molecule has 0 N–H and O–H groups in total. The number of aromatic nitrogens is 1. The van der Waals surface area contributed by atoms with Gasteiger partial charge in [-0.1, -0.05) is 18.2 Å². The molecule has 2 aromatic heterocycles. The van der Waals surface area contributed by atoms with Crippen LogP contribution in [0.15, 0.2) is 51.7 Å². The van der Waals surface area contributed by atoms with Gasteiger partial charge in [0, 0.05) is 46.2 Å². The monoisotopic (exact) mass is 401 g/mol. The van der Waals surface area contributed by atoms with Crippen molar-refractivity contribution in [3.8, 4) is 5.75 Å². The van der Waals surface area contributed by atoms with Crippen LogP contribution < -0.4 is 10.4 Å². The zero-order valence-electron chi connectivity index (χ0n) is 17.2. The van der Waals surface area contributed by atoms with Crippen molar-refractivity contribution >= 4 is 27.7 Å². The molecule has 1 aliphatic rings. The number of hydrogen-bond acceptors (Lipinski definition) is 4. The van der Waals surface area contributed by atoms with Crippen LogP contribution in [-0.4, -0.2) is 17.0 Å². The van der Waals surface area contributed by atoms with Crippen LogP contribution in [0.3, 0.4) is 0 Å². The van der Waals surface area contributed by atoms with Crippen LogP contribution >= 0.6 is 0 Å². The lowest BCUT2D eigenvalue weighted by molar-refractivity contribution is 0.0922. The molecule has 1 aliphatic carbocycles. The molecule has 4 aromatic rings. The molecular formula is C25H23NO4. The summed E-state index contributed by atoms with van der Waals surface area (Å²) < 4.78 is 13.4. The van der Waals surface area contributed by atoms with E-state index in [1.54, 1.807) is 6.07 Å². The fourth-order valence-electron chi connectivity index (χ4n) is 4.61. The van der Waals surface area contributed by atoms with Gasteiger partial charge >= 0.3 is 5.63 Å². The second-order valence-electron chi connectivity index (χ2n) is 7.96. The number of hydrogen-bond donors (Lipinski definition) is 0. The van der Waals surface area contributed by atoms with Gasteiger partial charge in [-0.25, -0.2) is 4.79 Å². The summed E-state index contributed by atoms with van der Waals surface area (Å²) in [5, 5.41) is 1.90. The maximum absolute atomic E-state index is 13.0. The summed E-state index contributed by atoms with van der Waals surface area (Å²) in [6, 6.07) is 13.4. The molecule has 0 amide bonds. The lowest BCUT2D eigenvalue weighted by Gasteiger charge is -2.16. The Balaban J connectivity index is 1.44. The minimum atomic E-state index is -0.253. The van der Waals surface area contributed by atoms with Gasteiger partial charge in [0.1, 0.15) is 11.3 Å². The summed E-state index contributed by atoms with van der Waals surface area (Å²) in [5.41, 5.74) is 4.81. The Morgan fingerprint density at radius 1 is 1.07 bits per heavy atom. The molecule has 5 rings (SSSR count). The smallest absolute Gasteiger partial charge is 0.339 e. The van der Waals surface area contributed by atoms with E-state index < -0.39 is 0 Å². The van der Waals surface area contributed by atoms with Crippen molar-refractivity contribution in [3.05, 3.63) is 75.3 Å². The molecule has 5 nitrogen and oxygen atoms in total. The van der Waals surface area contributed by atoms with Crippen LogP contribution in [0.2, 0.25) is 0 Å². The van der Waals surface area contributed by atoms with Crippen LogP contribution in [0.1, 0.15) is 40.0 Å². The van der Waals surface area contributed by atoms with Gasteiger partial charge < -0.3 is 13.7 Å². The molecule has 0 aliphatic heterocycles. The van der Waals surface area contributed by atoms with E-state index >= 15 is 0 Å². The third-order valence-electron chi connectivity index (χ3n) is 6.24. The quantitative estimate of drug-likeness (QED) is 0.366. The first-order valence-electron chi connectivity index (χ1n) is 10.3. The summed E-state index contributed by atoms with van der Waals surface area (Å²) >= 11 is 0. The largest absolute Gasteiger partial charge is 0.485 e. The molecule has 0 spiro atoms. The Labute approximate surface area is 173 Å². The first-order chi connectivity index (χ1) is 14.5. The summed E-state index contributed by atoms with van der Waals surface area (Å²) in [6.45, 7) is 1.87. The first-order valence-corrected chi connectivity index (χ1v) is 10.3. The molecule has 2 aromatic carbocycles. The number of carbonyl (C=O) groups excluding carboxylic acids is 1. The molecule has 0 radical (unpaired) electrons. The Morgan fingerprint density at radius 3 is 2.67 bits per heavy atom. The highest BCUT2D eigenvalue weighted by atomic mass is 16.5. The topological polar surface area (TPSA) is 61.4 Å². The van der Waals surface area contributed by atoms with Gasteiger partial charge in [0.05, 0.1) is 0 Å². The minimum absolute atomic E-state index is 0.0729. The Hall–Kier alpha value is -3.34. The molecule has 5 heteroatoms. The van der Waals surface area contributed by atoms with Gasteiger partial charge in [-0.05, 0) is 56.4 Å². The molecule has 0 saturated heterocycles. The number of Topliss-reactive ketones (excluding diaryl/α,β-unsaturated/α-hetero) is 1. The van der Waals surface area contributed by atoms with Gasteiger partial charge in [-0.2, -0.15) is 0 Å². The predicted molar refractivity (Wildman–Crippen MR) is 117 cm³/mol. The van der Waals surface area contributed by atoms with Crippen molar-refractivity contribution < 1.29 is 13.9 Å². The van der Waals surface area contributed by atoms with E-state index in [-0.39, 0.29) is 18.0 Å². The molecule has 152 valence electrons. The maximum atomic E-state index is 13.0. The Bertz CT molecular complexity index is 1360.